The van der Waals surface area contributed by atoms with E-state index in [1.807, 2.05) is 6.92 Å². The summed E-state index contributed by atoms with van der Waals surface area (Å²) in [6.07, 6.45) is 1.85. The van der Waals surface area contributed by atoms with Crippen molar-refractivity contribution in [1.82, 2.24) is 15.0 Å². The fraction of sp³-hybridized carbons (Fsp3) is 0.400. The molecule has 100 valence electrons. The minimum Gasteiger partial charge on any atom is -0.355 e. The van der Waals surface area contributed by atoms with E-state index in [1.165, 1.54) is 6.07 Å². The van der Waals surface area contributed by atoms with Crippen LogP contribution in [0.3, 0.4) is 0 Å². The zero-order valence-corrected chi connectivity index (χ0v) is 10.7. The third-order valence-corrected chi connectivity index (χ3v) is 3.46. The lowest BCUT2D eigenvalue weighted by atomic mass is 10.5. The van der Waals surface area contributed by atoms with Crippen LogP contribution in [0.4, 0.5) is 0 Å². The van der Waals surface area contributed by atoms with Crippen molar-refractivity contribution in [3.8, 4) is 0 Å². The van der Waals surface area contributed by atoms with Crippen LogP contribution < -0.4 is 15.6 Å². The second-order valence-electron chi connectivity index (χ2n) is 3.56. The first kappa shape index (κ1) is 14.4. The third-order valence-electron chi connectivity index (χ3n) is 2.06. The van der Waals surface area contributed by atoms with Gasteiger partial charge in [0.05, 0.1) is 11.4 Å². The normalized spacial score (nSPS) is 11.2. The Hall–Kier alpha value is -1.67. The van der Waals surface area contributed by atoms with E-state index in [-0.39, 0.29) is 11.4 Å². The Labute approximate surface area is 105 Å². The number of aromatic amines is 1. The number of hydrogen-bond donors (Lipinski definition) is 3. The Morgan fingerprint density at radius 3 is 2.67 bits per heavy atom. The topological polar surface area (TPSA) is 108 Å². The lowest BCUT2D eigenvalue weighted by Gasteiger charge is -2.06. The molecule has 0 bridgehead atoms. The van der Waals surface area contributed by atoms with Gasteiger partial charge in [-0.1, -0.05) is 6.92 Å². The molecule has 1 heterocycles. The molecule has 0 aliphatic heterocycles. The number of carbonyl (C=O) groups excluding carboxylic acids is 1. The van der Waals surface area contributed by atoms with Gasteiger partial charge in [0.25, 0.3) is 0 Å². The Morgan fingerprint density at radius 1 is 1.39 bits per heavy atom. The van der Waals surface area contributed by atoms with E-state index in [9.17, 15) is 18.0 Å². The SMILES string of the molecule is CCCNC(=O)CNS(=O)(=O)c1ccc(=O)[nH]c1. The molecule has 0 aliphatic rings. The molecule has 0 saturated carbocycles. The van der Waals surface area contributed by atoms with E-state index in [0.29, 0.717) is 6.54 Å². The maximum atomic E-state index is 11.7. The largest absolute Gasteiger partial charge is 0.355 e. The standard InChI is InChI=1S/C10H15N3O4S/c1-2-5-11-10(15)7-13-18(16,17)8-3-4-9(14)12-6-8/h3-4,6,13H,2,5,7H2,1H3,(H,11,15)(H,12,14). The lowest BCUT2D eigenvalue weighted by Crippen LogP contribution is -2.37. The fourth-order valence-corrected chi connectivity index (χ4v) is 2.08. The van der Waals surface area contributed by atoms with Crippen molar-refractivity contribution < 1.29 is 13.2 Å². The summed E-state index contributed by atoms with van der Waals surface area (Å²) in [7, 11) is -3.78. The van der Waals surface area contributed by atoms with Crippen LogP contribution in [0, 0.1) is 0 Å². The number of amides is 1. The number of nitrogens with one attached hydrogen (secondary N) is 3. The molecule has 0 radical (unpaired) electrons. The molecule has 1 amide bonds. The molecule has 18 heavy (non-hydrogen) atoms. The number of sulfonamides is 1. The number of pyridine rings is 1. The van der Waals surface area contributed by atoms with Gasteiger partial charge in [-0.25, -0.2) is 13.1 Å². The predicted octanol–water partition coefficient (Wildman–Crippen LogP) is -0.821. The van der Waals surface area contributed by atoms with Crippen LogP contribution in [-0.4, -0.2) is 32.4 Å². The predicted molar refractivity (Wildman–Crippen MR) is 65.6 cm³/mol. The first-order chi connectivity index (χ1) is 8.45. The summed E-state index contributed by atoms with van der Waals surface area (Å²) in [6.45, 7) is 2.06. The molecule has 0 aliphatic carbocycles. The smallest absolute Gasteiger partial charge is 0.247 e. The van der Waals surface area contributed by atoms with Gasteiger partial charge in [0.2, 0.25) is 21.5 Å². The van der Waals surface area contributed by atoms with E-state index in [4.69, 9.17) is 0 Å². The summed E-state index contributed by atoms with van der Waals surface area (Å²) < 4.78 is 25.6. The molecule has 0 saturated heterocycles. The van der Waals surface area contributed by atoms with Crippen molar-refractivity contribution in [3.05, 3.63) is 28.7 Å². The highest BCUT2D eigenvalue weighted by Crippen LogP contribution is 2.02. The summed E-state index contributed by atoms with van der Waals surface area (Å²) in [5.41, 5.74) is -0.394. The van der Waals surface area contributed by atoms with Crippen molar-refractivity contribution in [2.24, 2.45) is 0 Å². The van der Waals surface area contributed by atoms with Gasteiger partial charge >= 0.3 is 0 Å². The van der Waals surface area contributed by atoms with Crippen molar-refractivity contribution >= 4 is 15.9 Å². The van der Waals surface area contributed by atoms with E-state index < -0.39 is 21.5 Å². The molecule has 8 heteroatoms. The summed E-state index contributed by atoms with van der Waals surface area (Å²) in [6, 6.07) is 2.27. The average Bonchev–Trinajstić information content (AvgIpc) is 2.34. The van der Waals surface area contributed by atoms with Crippen molar-refractivity contribution in [3.63, 3.8) is 0 Å². The van der Waals surface area contributed by atoms with Crippen LogP contribution >= 0.6 is 0 Å². The zero-order chi connectivity index (χ0) is 13.6. The molecule has 0 unspecified atom stereocenters. The first-order valence-corrected chi connectivity index (χ1v) is 6.89. The van der Waals surface area contributed by atoms with Crippen molar-refractivity contribution in [2.45, 2.75) is 18.2 Å². The van der Waals surface area contributed by atoms with Crippen molar-refractivity contribution in [1.29, 1.82) is 0 Å². The summed E-state index contributed by atoms with van der Waals surface area (Å²) in [5, 5.41) is 2.54. The highest BCUT2D eigenvalue weighted by atomic mass is 32.2. The molecule has 1 aromatic rings. The maximum absolute atomic E-state index is 11.7. The molecule has 1 rings (SSSR count). The number of aromatic nitrogens is 1. The number of H-pyrrole nitrogens is 1. The highest BCUT2D eigenvalue weighted by molar-refractivity contribution is 7.89. The minimum absolute atomic E-state index is 0.0922. The average molecular weight is 273 g/mol. The molecular weight excluding hydrogens is 258 g/mol. The lowest BCUT2D eigenvalue weighted by molar-refractivity contribution is -0.119. The van der Waals surface area contributed by atoms with Crippen LogP contribution in [-0.2, 0) is 14.8 Å². The monoisotopic (exact) mass is 273 g/mol. The summed E-state index contributed by atoms with van der Waals surface area (Å²) in [4.78, 5) is 24.2. The fourth-order valence-electron chi connectivity index (χ4n) is 1.13. The van der Waals surface area contributed by atoms with Crippen LogP contribution in [0.1, 0.15) is 13.3 Å². The Bertz CT molecular complexity index is 544. The number of rotatable bonds is 6. The Kier molecular flexibility index (Phi) is 5.05. The van der Waals surface area contributed by atoms with Gasteiger partial charge < -0.3 is 10.3 Å². The van der Waals surface area contributed by atoms with E-state index in [1.54, 1.807) is 0 Å². The number of carbonyl (C=O) groups is 1. The van der Waals surface area contributed by atoms with Crippen LogP contribution in [0.25, 0.3) is 0 Å². The van der Waals surface area contributed by atoms with Crippen molar-refractivity contribution in [2.75, 3.05) is 13.1 Å². The molecule has 0 aromatic carbocycles. The minimum atomic E-state index is -3.78. The highest BCUT2D eigenvalue weighted by Gasteiger charge is 2.15. The summed E-state index contributed by atoms with van der Waals surface area (Å²) >= 11 is 0. The van der Waals surface area contributed by atoms with Crippen LogP contribution in [0.5, 0.6) is 0 Å². The third kappa shape index (κ3) is 4.30. The van der Waals surface area contributed by atoms with Gasteiger partial charge in [0.1, 0.15) is 0 Å². The first-order valence-electron chi connectivity index (χ1n) is 5.41. The van der Waals surface area contributed by atoms with E-state index in [0.717, 1.165) is 18.7 Å². The second kappa shape index (κ2) is 6.31. The van der Waals surface area contributed by atoms with Crippen LogP contribution in [0.15, 0.2) is 28.0 Å². The van der Waals surface area contributed by atoms with Gasteiger partial charge in [-0.05, 0) is 12.5 Å². The number of hydrogen-bond acceptors (Lipinski definition) is 4. The Morgan fingerprint density at radius 2 is 2.11 bits per heavy atom. The quantitative estimate of drug-likeness (QED) is 0.629. The van der Waals surface area contributed by atoms with Gasteiger partial charge in [-0.3, -0.25) is 9.59 Å². The molecule has 0 atom stereocenters. The Balaban J connectivity index is 2.63. The molecule has 1 aromatic heterocycles. The van der Waals surface area contributed by atoms with Gasteiger partial charge in [-0.2, -0.15) is 0 Å². The van der Waals surface area contributed by atoms with Gasteiger partial charge in [0, 0.05) is 18.8 Å². The molecular formula is C10H15N3O4S. The second-order valence-corrected chi connectivity index (χ2v) is 5.33. The molecule has 3 N–H and O–H groups in total. The molecule has 7 nitrogen and oxygen atoms in total. The summed E-state index contributed by atoms with van der Waals surface area (Å²) in [5.74, 6) is -0.398. The zero-order valence-electron chi connectivity index (χ0n) is 9.89. The van der Waals surface area contributed by atoms with Crippen LogP contribution in [0.2, 0.25) is 0 Å². The van der Waals surface area contributed by atoms with Gasteiger partial charge in [0.15, 0.2) is 0 Å². The molecule has 0 spiro atoms. The van der Waals surface area contributed by atoms with E-state index in [2.05, 4.69) is 15.0 Å². The van der Waals surface area contributed by atoms with E-state index >= 15 is 0 Å². The molecule has 0 fully saturated rings. The maximum Gasteiger partial charge on any atom is 0.247 e. The van der Waals surface area contributed by atoms with Gasteiger partial charge in [-0.15, -0.1) is 0 Å².